The van der Waals surface area contributed by atoms with Crippen LogP contribution in [0, 0.1) is 0 Å². The monoisotopic (exact) mass is 397 g/mol. The van der Waals surface area contributed by atoms with E-state index in [0.29, 0.717) is 0 Å². The Labute approximate surface area is 166 Å². The molecule has 5 rings (SSSR count). The van der Waals surface area contributed by atoms with E-state index in [1.807, 2.05) is 10.7 Å². The summed E-state index contributed by atoms with van der Waals surface area (Å²) in [5.41, 5.74) is 6.29. The Morgan fingerprint density at radius 3 is 2.78 bits per heavy atom. The molecule has 0 bridgehead atoms. The van der Waals surface area contributed by atoms with Crippen molar-refractivity contribution < 1.29 is 0 Å². The maximum atomic E-state index is 5.09. The van der Waals surface area contributed by atoms with E-state index in [1.165, 1.54) is 35.0 Å². The fraction of sp³-hybridized carbons (Fsp3) is 0.500. The summed E-state index contributed by atoms with van der Waals surface area (Å²) in [7, 11) is 0. The molecule has 0 aliphatic heterocycles. The van der Waals surface area contributed by atoms with Gasteiger partial charge in [0.05, 0.1) is 5.52 Å². The summed E-state index contributed by atoms with van der Waals surface area (Å²) < 4.78 is 3.16. The molecule has 4 aromatic rings. The average molecular weight is 398 g/mol. The number of pyridine rings is 1. The summed E-state index contributed by atoms with van der Waals surface area (Å²) in [4.78, 5) is 11.1. The molecule has 140 valence electrons. The lowest BCUT2D eigenvalue weighted by Crippen LogP contribution is -2.09. The summed E-state index contributed by atoms with van der Waals surface area (Å²) in [6.07, 6.45) is 10.1. The zero-order valence-electron chi connectivity index (χ0n) is 15.8. The van der Waals surface area contributed by atoms with Crippen LogP contribution in [0.15, 0.2) is 11.5 Å². The van der Waals surface area contributed by atoms with Crippen molar-refractivity contribution in [3.8, 4) is 0 Å². The first kappa shape index (κ1) is 17.4. The Morgan fingerprint density at radius 2 is 1.96 bits per heavy atom. The topological polar surface area (TPSA) is 56.0 Å². The number of nitrogens with zero attached hydrogens (tertiary/aromatic N) is 5. The zero-order valence-corrected chi connectivity index (χ0v) is 17.4. The normalized spacial score (nSPS) is 14.4. The van der Waals surface area contributed by atoms with Gasteiger partial charge >= 0.3 is 0 Å². The van der Waals surface area contributed by atoms with Crippen LogP contribution in [-0.2, 0) is 19.3 Å². The molecule has 0 N–H and O–H groups in total. The molecular formula is C20H23N5S2. The second-order valence-electron chi connectivity index (χ2n) is 7.20. The fourth-order valence-corrected chi connectivity index (χ4v) is 6.02. The molecule has 0 saturated heterocycles. The van der Waals surface area contributed by atoms with Gasteiger partial charge in [0.1, 0.15) is 15.9 Å². The highest BCUT2D eigenvalue weighted by atomic mass is 32.2. The molecule has 0 radical (unpaired) electrons. The number of thiophene rings is 1. The lowest BCUT2D eigenvalue weighted by atomic mass is 9.88. The minimum atomic E-state index is 0.920. The summed E-state index contributed by atoms with van der Waals surface area (Å²) in [6, 6.07) is 0. The molecule has 4 heterocycles. The lowest BCUT2D eigenvalue weighted by Gasteiger charge is -2.19. The molecule has 0 aromatic carbocycles. The minimum Gasteiger partial charge on any atom is -0.259 e. The summed E-state index contributed by atoms with van der Waals surface area (Å²) in [6.45, 7) is 4.42. The number of aryl methyl sites for hydroxylation is 2. The molecular weight excluding hydrogens is 374 g/mol. The van der Waals surface area contributed by atoms with Crippen LogP contribution in [0.2, 0.25) is 0 Å². The molecule has 1 aliphatic carbocycles. The third-order valence-corrected chi connectivity index (χ3v) is 7.53. The van der Waals surface area contributed by atoms with Gasteiger partial charge in [-0.2, -0.15) is 0 Å². The molecule has 0 atom stereocenters. The summed E-state index contributed by atoms with van der Waals surface area (Å²) in [5.74, 6) is 1.04. The summed E-state index contributed by atoms with van der Waals surface area (Å²) in [5, 5.41) is 11.1. The number of aromatic nitrogens is 5. The Balaban J connectivity index is 1.79. The molecule has 1 aliphatic rings. The predicted octanol–water partition coefficient (Wildman–Crippen LogP) is 5.22. The molecule has 5 nitrogen and oxygen atoms in total. The first-order chi connectivity index (χ1) is 13.3. The van der Waals surface area contributed by atoms with Crippen molar-refractivity contribution in [1.29, 1.82) is 0 Å². The third-order valence-electron chi connectivity index (χ3n) is 5.31. The van der Waals surface area contributed by atoms with Gasteiger partial charge < -0.3 is 0 Å². The molecule has 0 unspecified atom stereocenters. The largest absolute Gasteiger partial charge is 0.259 e. The summed E-state index contributed by atoms with van der Waals surface area (Å²) >= 11 is 3.48. The zero-order chi connectivity index (χ0) is 18.4. The molecule has 0 amide bonds. The van der Waals surface area contributed by atoms with Crippen molar-refractivity contribution in [3.05, 3.63) is 23.1 Å². The predicted molar refractivity (Wildman–Crippen MR) is 113 cm³/mol. The highest BCUT2D eigenvalue weighted by molar-refractivity contribution is 7.99. The number of hydrogen-bond acceptors (Lipinski definition) is 6. The molecule has 0 saturated carbocycles. The van der Waals surface area contributed by atoms with E-state index in [2.05, 4.69) is 24.0 Å². The van der Waals surface area contributed by atoms with Crippen molar-refractivity contribution in [2.24, 2.45) is 0 Å². The van der Waals surface area contributed by atoms with Gasteiger partial charge in [0.2, 0.25) is 0 Å². The number of hydrogen-bond donors (Lipinski definition) is 0. The van der Waals surface area contributed by atoms with Gasteiger partial charge in [0.15, 0.2) is 10.8 Å². The second-order valence-corrected chi connectivity index (χ2v) is 9.26. The van der Waals surface area contributed by atoms with Gasteiger partial charge in [-0.05, 0) is 49.7 Å². The van der Waals surface area contributed by atoms with Crippen molar-refractivity contribution in [3.63, 3.8) is 0 Å². The highest BCUT2D eigenvalue weighted by Crippen LogP contribution is 2.40. The third kappa shape index (κ3) is 2.74. The molecule has 27 heavy (non-hydrogen) atoms. The first-order valence-electron chi connectivity index (χ1n) is 9.91. The highest BCUT2D eigenvalue weighted by Gasteiger charge is 2.23. The molecule has 7 heteroatoms. The van der Waals surface area contributed by atoms with Gasteiger partial charge in [0, 0.05) is 16.8 Å². The van der Waals surface area contributed by atoms with Crippen LogP contribution >= 0.6 is 23.1 Å². The van der Waals surface area contributed by atoms with E-state index < -0.39 is 0 Å². The first-order valence-corrected chi connectivity index (χ1v) is 11.7. The van der Waals surface area contributed by atoms with Crippen LogP contribution in [0.4, 0.5) is 0 Å². The van der Waals surface area contributed by atoms with Crippen LogP contribution in [0.5, 0.6) is 0 Å². The number of rotatable bonds is 5. The lowest BCUT2D eigenvalue weighted by molar-refractivity contribution is 0.675. The van der Waals surface area contributed by atoms with Gasteiger partial charge in [0.25, 0.3) is 0 Å². The van der Waals surface area contributed by atoms with Crippen LogP contribution < -0.4 is 0 Å². The van der Waals surface area contributed by atoms with Gasteiger partial charge in [-0.1, -0.05) is 32.0 Å². The fourth-order valence-electron chi connectivity index (χ4n) is 4.11. The van der Waals surface area contributed by atoms with Crippen LogP contribution in [-0.4, -0.2) is 30.3 Å². The van der Waals surface area contributed by atoms with E-state index in [9.17, 15) is 0 Å². The van der Waals surface area contributed by atoms with E-state index in [0.717, 1.165) is 63.7 Å². The number of thioether (sulfide) groups is 1. The van der Waals surface area contributed by atoms with Crippen LogP contribution in [0.25, 0.3) is 26.1 Å². The molecule has 0 spiro atoms. The van der Waals surface area contributed by atoms with Crippen molar-refractivity contribution in [2.75, 3.05) is 5.75 Å². The van der Waals surface area contributed by atoms with Gasteiger partial charge in [-0.15, -0.1) is 21.5 Å². The van der Waals surface area contributed by atoms with E-state index in [4.69, 9.17) is 9.97 Å². The van der Waals surface area contributed by atoms with Crippen molar-refractivity contribution in [2.45, 2.75) is 63.9 Å². The Morgan fingerprint density at radius 1 is 1.11 bits per heavy atom. The Kier molecular flexibility index (Phi) is 4.52. The number of fused-ring (bicyclic) bond motifs is 7. The Hall–Kier alpha value is -1.73. The molecule has 0 fully saturated rings. The van der Waals surface area contributed by atoms with E-state index >= 15 is 0 Å². The standard InChI is InChI=1S/C20H23N5S2/c1-3-7-14-12-8-5-6-9-13(12)15-16-17(27-19(15)22-14)18-23-24-20(26-10-4-2)25(18)11-21-16/h11H,3-10H2,1-2H3. The SMILES string of the molecule is CCCSc1nnc2c3sc4nc(CCC)c5c(c4c3ncn12)CCCC5. The second kappa shape index (κ2) is 7.02. The van der Waals surface area contributed by atoms with Crippen LogP contribution in [0.1, 0.15) is 56.4 Å². The Bertz CT molecular complexity index is 1140. The van der Waals surface area contributed by atoms with Crippen LogP contribution in [0.3, 0.4) is 0 Å². The van der Waals surface area contributed by atoms with E-state index in [-0.39, 0.29) is 0 Å². The quantitative estimate of drug-likeness (QED) is 0.432. The van der Waals surface area contributed by atoms with E-state index in [1.54, 1.807) is 23.1 Å². The average Bonchev–Trinajstić information content (AvgIpc) is 3.27. The van der Waals surface area contributed by atoms with Crippen molar-refractivity contribution in [1.82, 2.24) is 24.6 Å². The minimum absolute atomic E-state index is 0.920. The molecule has 4 aromatic heterocycles. The van der Waals surface area contributed by atoms with Crippen molar-refractivity contribution >= 4 is 49.2 Å². The maximum Gasteiger partial charge on any atom is 0.196 e. The smallest absolute Gasteiger partial charge is 0.196 e. The van der Waals surface area contributed by atoms with Gasteiger partial charge in [-0.3, -0.25) is 4.40 Å². The van der Waals surface area contributed by atoms with Gasteiger partial charge in [-0.25, -0.2) is 9.97 Å². The maximum absolute atomic E-state index is 5.09.